The zero-order valence-electron chi connectivity index (χ0n) is 12.5. The Bertz CT molecular complexity index is 637. The Kier molecular flexibility index (Phi) is 5.60. The second kappa shape index (κ2) is 7.65. The molecular formula is C15H18F2N4O. The number of anilines is 3. The number of hydrogen-bond donors (Lipinski definition) is 2. The van der Waals surface area contributed by atoms with E-state index in [2.05, 4.69) is 20.6 Å². The van der Waals surface area contributed by atoms with Crippen molar-refractivity contribution in [1.82, 2.24) is 9.97 Å². The van der Waals surface area contributed by atoms with E-state index in [1.165, 1.54) is 12.1 Å². The zero-order chi connectivity index (χ0) is 15.9. The number of ether oxygens (including phenoxy) is 1. The summed E-state index contributed by atoms with van der Waals surface area (Å²) < 4.78 is 31.5. The van der Waals surface area contributed by atoms with Crippen molar-refractivity contribution >= 4 is 17.5 Å². The second-order valence-corrected chi connectivity index (χ2v) is 4.74. The second-order valence-electron chi connectivity index (χ2n) is 4.74. The lowest BCUT2D eigenvalue weighted by atomic mass is 10.3. The van der Waals surface area contributed by atoms with Crippen molar-refractivity contribution < 1.29 is 13.5 Å². The van der Waals surface area contributed by atoms with E-state index < -0.39 is 11.6 Å². The van der Waals surface area contributed by atoms with Gasteiger partial charge in [-0.3, -0.25) is 0 Å². The van der Waals surface area contributed by atoms with Gasteiger partial charge in [-0.1, -0.05) is 0 Å². The Hall–Kier alpha value is -2.28. The maximum absolute atomic E-state index is 13.6. The summed E-state index contributed by atoms with van der Waals surface area (Å²) in [6, 6.07) is 5.01. The molecule has 2 N–H and O–H groups in total. The van der Waals surface area contributed by atoms with E-state index in [0.29, 0.717) is 24.9 Å². The smallest absolute Gasteiger partial charge is 0.224 e. The normalized spacial score (nSPS) is 10.5. The first-order chi connectivity index (χ1) is 10.6. The Morgan fingerprint density at radius 2 is 2.00 bits per heavy atom. The number of benzene rings is 1. The molecule has 7 heteroatoms. The highest BCUT2D eigenvalue weighted by atomic mass is 19.1. The molecule has 0 saturated heterocycles. The van der Waals surface area contributed by atoms with Crippen LogP contribution in [0.1, 0.15) is 12.1 Å². The van der Waals surface area contributed by atoms with Crippen LogP contribution >= 0.6 is 0 Å². The number of methoxy groups -OCH3 is 1. The van der Waals surface area contributed by atoms with Gasteiger partial charge in [0.05, 0.1) is 5.69 Å². The fourth-order valence-electron chi connectivity index (χ4n) is 1.86. The fraction of sp³-hybridized carbons (Fsp3) is 0.333. The zero-order valence-corrected chi connectivity index (χ0v) is 12.5. The van der Waals surface area contributed by atoms with Gasteiger partial charge in [-0.2, -0.15) is 4.98 Å². The van der Waals surface area contributed by atoms with Crippen molar-refractivity contribution in [3.05, 3.63) is 41.6 Å². The molecule has 118 valence electrons. The number of aryl methyl sites for hydroxylation is 1. The SMILES string of the molecule is COCCCNc1nc(C)cc(Nc2ccc(F)cc2F)n1. The highest BCUT2D eigenvalue weighted by Gasteiger charge is 2.07. The molecule has 1 aromatic heterocycles. The van der Waals surface area contributed by atoms with Crippen LogP contribution in [0.15, 0.2) is 24.3 Å². The molecule has 0 aliphatic rings. The lowest BCUT2D eigenvalue weighted by molar-refractivity contribution is 0.197. The molecule has 0 amide bonds. The summed E-state index contributed by atoms with van der Waals surface area (Å²) in [6.07, 6.45) is 0.823. The summed E-state index contributed by atoms with van der Waals surface area (Å²) in [4.78, 5) is 8.51. The van der Waals surface area contributed by atoms with Gasteiger partial charge in [-0.15, -0.1) is 0 Å². The van der Waals surface area contributed by atoms with Crippen LogP contribution in [0.25, 0.3) is 0 Å². The van der Waals surface area contributed by atoms with Crippen LogP contribution in [-0.4, -0.2) is 30.2 Å². The maximum Gasteiger partial charge on any atom is 0.224 e. The standard InChI is InChI=1S/C15H18F2N4O/c1-10-8-14(20-13-5-4-11(16)9-12(13)17)21-15(19-10)18-6-3-7-22-2/h4-5,8-9H,3,6-7H2,1-2H3,(H2,18,19,20,21). The minimum atomic E-state index is -0.675. The van der Waals surface area contributed by atoms with Crippen molar-refractivity contribution in [2.24, 2.45) is 0 Å². The lowest BCUT2D eigenvalue weighted by Crippen LogP contribution is -2.09. The van der Waals surface area contributed by atoms with Crippen molar-refractivity contribution in [3.8, 4) is 0 Å². The van der Waals surface area contributed by atoms with E-state index in [-0.39, 0.29) is 5.69 Å². The molecule has 1 aromatic carbocycles. The molecule has 0 bridgehead atoms. The Morgan fingerprint density at radius 3 is 2.73 bits per heavy atom. The van der Waals surface area contributed by atoms with E-state index >= 15 is 0 Å². The van der Waals surface area contributed by atoms with Crippen LogP contribution in [0.2, 0.25) is 0 Å². The van der Waals surface area contributed by atoms with E-state index in [0.717, 1.165) is 18.2 Å². The van der Waals surface area contributed by atoms with Gasteiger partial charge in [-0.05, 0) is 25.5 Å². The fourth-order valence-corrected chi connectivity index (χ4v) is 1.86. The lowest BCUT2D eigenvalue weighted by Gasteiger charge is -2.10. The van der Waals surface area contributed by atoms with Gasteiger partial charge >= 0.3 is 0 Å². The van der Waals surface area contributed by atoms with Crippen LogP contribution in [0.4, 0.5) is 26.2 Å². The summed E-state index contributed by atoms with van der Waals surface area (Å²) in [6.45, 7) is 3.13. The van der Waals surface area contributed by atoms with Gasteiger partial charge in [0.2, 0.25) is 5.95 Å². The first kappa shape index (κ1) is 16.1. The Labute approximate surface area is 127 Å². The first-order valence-electron chi connectivity index (χ1n) is 6.89. The first-order valence-corrected chi connectivity index (χ1v) is 6.89. The van der Waals surface area contributed by atoms with Crippen LogP contribution in [0, 0.1) is 18.6 Å². The average molecular weight is 308 g/mol. The number of hydrogen-bond acceptors (Lipinski definition) is 5. The van der Waals surface area contributed by atoms with Gasteiger partial charge in [0, 0.05) is 38.1 Å². The van der Waals surface area contributed by atoms with Gasteiger partial charge < -0.3 is 15.4 Å². The molecule has 2 rings (SSSR count). The minimum absolute atomic E-state index is 0.157. The quantitative estimate of drug-likeness (QED) is 0.769. The molecule has 5 nitrogen and oxygen atoms in total. The van der Waals surface area contributed by atoms with E-state index in [1.807, 2.05) is 6.92 Å². The molecule has 0 radical (unpaired) electrons. The number of halogens is 2. The maximum atomic E-state index is 13.6. The van der Waals surface area contributed by atoms with Crippen molar-refractivity contribution in [2.75, 3.05) is 30.9 Å². The highest BCUT2D eigenvalue weighted by molar-refractivity contribution is 5.58. The van der Waals surface area contributed by atoms with E-state index in [1.54, 1.807) is 13.2 Å². The molecule has 0 aliphatic carbocycles. The molecule has 2 aromatic rings. The number of rotatable bonds is 7. The largest absolute Gasteiger partial charge is 0.385 e. The highest BCUT2D eigenvalue weighted by Crippen LogP contribution is 2.20. The molecule has 0 saturated carbocycles. The Balaban J connectivity index is 2.08. The topological polar surface area (TPSA) is 59.1 Å². The van der Waals surface area contributed by atoms with Gasteiger partial charge in [-0.25, -0.2) is 13.8 Å². The van der Waals surface area contributed by atoms with Crippen molar-refractivity contribution in [3.63, 3.8) is 0 Å². The van der Waals surface area contributed by atoms with Crippen LogP contribution in [0.5, 0.6) is 0 Å². The Morgan fingerprint density at radius 1 is 1.18 bits per heavy atom. The van der Waals surface area contributed by atoms with Gasteiger partial charge in [0.15, 0.2) is 0 Å². The summed E-state index contributed by atoms with van der Waals surface area (Å²) in [5, 5.41) is 5.90. The molecule has 22 heavy (non-hydrogen) atoms. The van der Waals surface area contributed by atoms with E-state index in [9.17, 15) is 8.78 Å². The number of nitrogens with zero attached hydrogens (tertiary/aromatic N) is 2. The molecule has 0 spiro atoms. The minimum Gasteiger partial charge on any atom is -0.385 e. The van der Waals surface area contributed by atoms with Crippen molar-refractivity contribution in [1.29, 1.82) is 0 Å². The van der Waals surface area contributed by atoms with Gasteiger partial charge in [0.1, 0.15) is 17.5 Å². The predicted molar refractivity (Wildman–Crippen MR) is 81.4 cm³/mol. The van der Waals surface area contributed by atoms with E-state index in [4.69, 9.17) is 4.74 Å². The van der Waals surface area contributed by atoms with Crippen molar-refractivity contribution in [2.45, 2.75) is 13.3 Å². The average Bonchev–Trinajstić information content (AvgIpc) is 2.46. The molecule has 0 atom stereocenters. The number of aromatic nitrogens is 2. The summed E-state index contributed by atoms with van der Waals surface area (Å²) in [5.41, 5.74) is 0.888. The monoisotopic (exact) mass is 308 g/mol. The molecule has 1 heterocycles. The van der Waals surface area contributed by atoms with Crippen LogP contribution in [-0.2, 0) is 4.74 Å². The molecular weight excluding hydrogens is 290 g/mol. The molecule has 0 fully saturated rings. The third kappa shape index (κ3) is 4.63. The number of nitrogens with one attached hydrogen (secondary N) is 2. The summed E-state index contributed by atoms with van der Waals surface area (Å²) >= 11 is 0. The van der Waals surface area contributed by atoms with Crippen LogP contribution in [0.3, 0.4) is 0 Å². The summed E-state index contributed by atoms with van der Waals surface area (Å²) in [5.74, 6) is -0.415. The third-order valence-corrected chi connectivity index (χ3v) is 2.86. The summed E-state index contributed by atoms with van der Waals surface area (Å²) in [7, 11) is 1.64. The third-order valence-electron chi connectivity index (χ3n) is 2.86. The van der Waals surface area contributed by atoms with Crippen LogP contribution < -0.4 is 10.6 Å². The predicted octanol–water partition coefficient (Wildman–Crippen LogP) is 3.26. The molecule has 0 aliphatic heterocycles. The molecule has 0 unspecified atom stereocenters. The van der Waals surface area contributed by atoms with Gasteiger partial charge in [0.25, 0.3) is 0 Å².